The summed E-state index contributed by atoms with van der Waals surface area (Å²) in [6.07, 6.45) is 4.83. The van der Waals surface area contributed by atoms with Crippen LogP contribution in [0, 0.1) is 19.3 Å². The summed E-state index contributed by atoms with van der Waals surface area (Å²) in [6, 6.07) is 6.61. The Morgan fingerprint density at radius 3 is 2.33 bits per heavy atom. The highest BCUT2D eigenvalue weighted by Gasteiger charge is 2.53. The minimum atomic E-state index is -3.77. The molecular weight excluding hydrogens is 370 g/mol. The SMILES string of the molecule is C#CCN(CC1CO[C@@](C)(OC)[C@](C)(OC)O1)S(=O)(=O)c1ccc(C)cc1. The zero-order valence-corrected chi connectivity index (χ0v) is 17.2. The minimum Gasteiger partial charge on any atom is -0.349 e. The van der Waals surface area contributed by atoms with Crippen molar-refractivity contribution in [3.05, 3.63) is 29.8 Å². The molecule has 0 radical (unpaired) electrons. The number of rotatable bonds is 7. The molecule has 0 amide bonds. The third-order valence-corrected chi connectivity index (χ3v) is 6.70. The molecule has 3 atom stereocenters. The summed E-state index contributed by atoms with van der Waals surface area (Å²) < 4.78 is 49.9. The van der Waals surface area contributed by atoms with Gasteiger partial charge in [0.25, 0.3) is 0 Å². The number of methoxy groups -OCH3 is 2. The van der Waals surface area contributed by atoms with Crippen LogP contribution in [0.25, 0.3) is 0 Å². The first-order valence-electron chi connectivity index (χ1n) is 8.54. The van der Waals surface area contributed by atoms with Crippen molar-refractivity contribution < 1.29 is 27.4 Å². The standard InChI is InChI=1S/C19H27NO6S/c1-7-12-20(27(21,22)17-10-8-15(2)9-11-17)13-16-14-25-18(3,23-5)19(4,24-6)26-16/h1,8-11,16H,12-14H2,2-6H3/t16?,18-,19-/m1/s1. The predicted octanol–water partition coefficient (Wildman–Crippen LogP) is 1.76. The van der Waals surface area contributed by atoms with Crippen LogP contribution in [0.2, 0.25) is 0 Å². The van der Waals surface area contributed by atoms with Gasteiger partial charge in [-0.1, -0.05) is 23.6 Å². The molecule has 1 heterocycles. The Kier molecular flexibility index (Phi) is 6.68. The second-order valence-electron chi connectivity index (χ2n) is 6.67. The van der Waals surface area contributed by atoms with E-state index in [2.05, 4.69) is 5.92 Å². The minimum absolute atomic E-state index is 0.0269. The topological polar surface area (TPSA) is 74.3 Å². The quantitative estimate of drug-likeness (QED) is 0.653. The third-order valence-electron chi connectivity index (χ3n) is 4.87. The molecule has 1 aliphatic rings. The lowest BCUT2D eigenvalue weighted by Crippen LogP contribution is -2.63. The summed E-state index contributed by atoms with van der Waals surface area (Å²) >= 11 is 0. The molecule has 1 aromatic rings. The first kappa shape index (κ1) is 21.8. The van der Waals surface area contributed by atoms with Gasteiger partial charge in [-0.3, -0.25) is 0 Å². The largest absolute Gasteiger partial charge is 0.349 e. The molecule has 0 saturated carbocycles. The highest BCUT2D eigenvalue weighted by atomic mass is 32.2. The first-order valence-corrected chi connectivity index (χ1v) is 9.98. The number of aryl methyl sites for hydroxylation is 1. The maximum absolute atomic E-state index is 13.0. The van der Waals surface area contributed by atoms with Crippen LogP contribution in [0.5, 0.6) is 0 Å². The Hall–Kier alpha value is -1.47. The van der Waals surface area contributed by atoms with Crippen LogP contribution < -0.4 is 0 Å². The molecule has 1 unspecified atom stereocenters. The zero-order chi connectivity index (χ0) is 20.3. The van der Waals surface area contributed by atoms with Crippen molar-refractivity contribution in [3.8, 4) is 12.3 Å². The van der Waals surface area contributed by atoms with Gasteiger partial charge in [-0.2, -0.15) is 4.31 Å². The second-order valence-corrected chi connectivity index (χ2v) is 8.60. The molecule has 1 saturated heterocycles. The molecule has 1 aromatic carbocycles. The maximum atomic E-state index is 13.0. The second kappa shape index (κ2) is 8.27. The van der Waals surface area contributed by atoms with Crippen LogP contribution in [0.3, 0.4) is 0 Å². The average Bonchev–Trinajstić information content (AvgIpc) is 2.64. The third kappa shape index (κ3) is 4.35. The summed E-state index contributed by atoms with van der Waals surface area (Å²) in [4.78, 5) is 0.177. The van der Waals surface area contributed by atoms with Crippen molar-refractivity contribution in [2.45, 2.75) is 43.3 Å². The van der Waals surface area contributed by atoms with Crippen molar-refractivity contribution in [2.75, 3.05) is 33.9 Å². The highest BCUT2D eigenvalue weighted by Crippen LogP contribution is 2.36. The van der Waals surface area contributed by atoms with Crippen molar-refractivity contribution in [3.63, 3.8) is 0 Å². The molecular formula is C19H27NO6S. The van der Waals surface area contributed by atoms with Crippen LogP contribution in [0.1, 0.15) is 19.4 Å². The van der Waals surface area contributed by atoms with Crippen LogP contribution in [0.4, 0.5) is 0 Å². The molecule has 150 valence electrons. The average molecular weight is 397 g/mol. The van der Waals surface area contributed by atoms with E-state index in [9.17, 15) is 8.42 Å². The molecule has 0 spiro atoms. The first-order chi connectivity index (χ1) is 12.6. The fraction of sp³-hybridized carbons (Fsp3) is 0.579. The van der Waals surface area contributed by atoms with Crippen LogP contribution in [-0.4, -0.2) is 64.3 Å². The van der Waals surface area contributed by atoms with Crippen molar-refractivity contribution in [1.82, 2.24) is 4.31 Å². The van der Waals surface area contributed by atoms with E-state index in [4.69, 9.17) is 25.4 Å². The normalized spacial score (nSPS) is 28.9. The zero-order valence-electron chi connectivity index (χ0n) is 16.4. The van der Waals surface area contributed by atoms with E-state index in [1.165, 1.54) is 18.5 Å². The van der Waals surface area contributed by atoms with Crippen molar-refractivity contribution in [1.29, 1.82) is 0 Å². The van der Waals surface area contributed by atoms with E-state index in [0.29, 0.717) is 0 Å². The Morgan fingerprint density at radius 2 is 1.81 bits per heavy atom. The van der Waals surface area contributed by atoms with Gasteiger partial charge in [0.05, 0.1) is 24.2 Å². The number of sulfonamides is 1. The van der Waals surface area contributed by atoms with Crippen LogP contribution in [0.15, 0.2) is 29.2 Å². The number of nitrogens with zero attached hydrogens (tertiary/aromatic N) is 1. The van der Waals surface area contributed by atoms with Gasteiger partial charge in [-0.15, -0.1) is 6.42 Å². The van der Waals surface area contributed by atoms with Gasteiger partial charge in [-0.25, -0.2) is 8.42 Å². The van der Waals surface area contributed by atoms with Gasteiger partial charge in [0.1, 0.15) is 0 Å². The predicted molar refractivity (Wildman–Crippen MR) is 100 cm³/mol. The monoisotopic (exact) mass is 397 g/mol. The Labute approximate surface area is 161 Å². The lowest BCUT2D eigenvalue weighted by molar-refractivity contribution is -0.431. The smallest absolute Gasteiger partial charge is 0.244 e. The highest BCUT2D eigenvalue weighted by molar-refractivity contribution is 7.89. The maximum Gasteiger partial charge on any atom is 0.244 e. The van der Waals surface area contributed by atoms with Gasteiger partial charge in [0, 0.05) is 20.8 Å². The molecule has 27 heavy (non-hydrogen) atoms. The van der Waals surface area contributed by atoms with E-state index < -0.39 is 27.7 Å². The van der Waals surface area contributed by atoms with Gasteiger partial charge in [0.15, 0.2) is 0 Å². The summed E-state index contributed by atoms with van der Waals surface area (Å²) in [5, 5.41) is 0. The van der Waals surface area contributed by atoms with E-state index in [-0.39, 0.29) is 24.6 Å². The van der Waals surface area contributed by atoms with Gasteiger partial charge in [0.2, 0.25) is 21.6 Å². The molecule has 1 aliphatic heterocycles. The van der Waals surface area contributed by atoms with Gasteiger partial charge < -0.3 is 18.9 Å². The lowest BCUT2D eigenvalue weighted by Gasteiger charge is -2.49. The number of hydrogen-bond donors (Lipinski definition) is 0. The lowest BCUT2D eigenvalue weighted by atomic mass is 10.1. The molecule has 8 heteroatoms. The number of terminal acetylenes is 1. The van der Waals surface area contributed by atoms with Crippen molar-refractivity contribution >= 4 is 10.0 Å². The number of benzene rings is 1. The van der Waals surface area contributed by atoms with Crippen LogP contribution in [-0.2, 0) is 29.0 Å². The molecule has 1 fully saturated rings. The van der Waals surface area contributed by atoms with E-state index in [1.54, 1.807) is 38.1 Å². The van der Waals surface area contributed by atoms with Gasteiger partial charge in [-0.05, 0) is 32.9 Å². The number of ether oxygens (including phenoxy) is 4. The Balaban J connectivity index is 2.24. The Bertz CT molecular complexity index is 787. The fourth-order valence-electron chi connectivity index (χ4n) is 2.85. The fourth-order valence-corrected chi connectivity index (χ4v) is 4.23. The van der Waals surface area contributed by atoms with E-state index in [1.807, 2.05) is 6.92 Å². The van der Waals surface area contributed by atoms with E-state index in [0.717, 1.165) is 5.56 Å². The Morgan fingerprint density at radius 1 is 1.22 bits per heavy atom. The molecule has 0 bridgehead atoms. The molecule has 0 N–H and O–H groups in total. The van der Waals surface area contributed by atoms with Crippen LogP contribution >= 0.6 is 0 Å². The summed E-state index contributed by atoms with van der Waals surface area (Å²) in [5.41, 5.74) is 0.969. The molecule has 0 aromatic heterocycles. The number of hydrogen-bond acceptors (Lipinski definition) is 6. The molecule has 2 rings (SSSR count). The summed E-state index contributed by atoms with van der Waals surface area (Å²) in [7, 11) is -0.804. The summed E-state index contributed by atoms with van der Waals surface area (Å²) in [5.74, 6) is 0.0730. The summed E-state index contributed by atoms with van der Waals surface area (Å²) in [6.45, 7) is 5.35. The molecule has 7 nitrogen and oxygen atoms in total. The van der Waals surface area contributed by atoms with E-state index >= 15 is 0 Å². The molecule has 0 aliphatic carbocycles. The van der Waals surface area contributed by atoms with Gasteiger partial charge >= 0.3 is 0 Å². The van der Waals surface area contributed by atoms with Crippen molar-refractivity contribution in [2.24, 2.45) is 0 Å².